The molecule has 0 radical (unpaired) electrons. The van der Waals surface area contributed by atoms with Crippen LogP contribution in [0.25, 0.3) is 10.9 Å². The molecule has 1 aromatic heterocycles. The van der Waals surface area contributed by atoms with Gasteiger partial charge in [0.25, 0.3) is 11.5 Å². The molecule has 0 bridgehead atoms. The van der Waals surface area contributed by atoms with Gasteiger partial charge in [0, 0.05) is 50.5 Å². The Hall–Kier alpha value is -4.57. The Morgan fingerprint density at radius 3 is 2.17 bits per heavy atom. The molecule has 5 rings (SSSR count). The minimum atomic E-state index is -0.528. The number of ether oxygens (including phenoxy) is 2. The molecule has 1 fully saturated rings. The minimum absolute atomic E-state index is 0.130. The van der Waals surface area contributed by atoms with Crippen molar-refractivity contribution in [1.82, 2.24) is 19.8 Å². The van der Waals surface area contributed by atoms with Gasteiger partial charge < -0.3 is 24.7 Å². The molecule has 2 N–H and O–H groups in total. The molecule has 3 aromatic carbocycles. The van der Waals surface area contributed by atoms with Crippen molar-refractivity contribution in [2.45, 2.75) is 6.54 Å². The quantitative estimate of drug-likeness (QED) is 0.334. The van der Waals surface area contributed by atoms with E-state index in [2.05, 4.69) is 32.2 Å². The standard InChI is InChI=1S/C30H33N5O5/c1-39-24-8-3-21(4-9-24)20-35-29(37)26-12-5-22(19-27(26)32-30(35)38)28(36)31-13-14-33-15-17-34(18-16-33)23-6-10-25(40-2)11-7-23/h3-12,19H,13-18,20H2,1-2H3,(H,31,36)(H,32,38). The van der Waals surface area contributed by atoms with Gasteiger partial charge in [-0.05, 0) is 60.2 Å². The summed E-state index contributed by atoms with van der Waals surface area (Å²) in [7, 11) is 3.24. The highest BCUT2D eigenvalue weighted by Crippen LogP contribution is 2.20. The van der Waals surface area contributed by atoms with Crippen LogP contribution in [-0.2, 0) is 6.54 Å². The normalized spacial score (nSPS) is 13.8. The number of methoxy groups -OCH3 is 2. The molecule has 4 aromatic rings. The van der Waals surface area contributed by atoms with Crippen molar-refractivity contribution < 1.29 is 14.3 Å². The number of H-pyrrole nitrogens is 1. The smallest absolute Gasteiger partial charge is 0.329 e. The predicted molar refractivity (Wildman–Crippen MR) is 155 cm³/mol. The lowest BCUT2D eigenvalue weighted by Gasteiger charge is -2.36. The van der Waals surface area contributed by atoms with Crippen molar-refractivity contribution in [2.75, 3.05) is 58.4 Å². The molecule has 0 unspecified atom stereocenters. The highest BCUT2D eigenvalue weighted by Gasteiger charge is 2.18. The number of nitrogens with one attached hydrogen (secondary N) is 2. The van der Waals surface area contributed by atoms with Crippen LogP contribution < -0.4 is 30.9 Å². The van der Waals surface area contributed by atoms with Gasteiger partial charge in [0.15, 0.2) is 0 Å². The van der Waals surface area contributed by atoms with E-state index in [1.54, 1.807) is 44.6 Å². The maximum Gasteiger partial charge on any atom is 0.329 e. The van der Waals surface area contributed by atoms with Crippen molar-refractivity contribution in [1.29, 1.82) is 0 Å². The predicted octanol–water partition coefficient (Wildman–Crippen LogP) is 2.31. The molecule has 0 atom stereocenters. The Balaban J connectivity index is 1.16. The second-order valence-electron chi connectivity index (χ2n) is 9.71. The molecule has 0 aliphatic carbocycles. The first-order valence-electron chi connectivity index (χ1n) is 13.2. The van der Waals surface area contributed by atoms with E-state index in [9.17, 15) is 14.4 Å². The topological polar surface area (TPSA) is 109 Å². The SMILES string of the molecule is COc1ccc(Cn2c(=O)[nH]c3cc(C(=O)NCCN4CCN(c5ccc(OC)cc5)CC4)ccc3c2=O)cc1. The first kappa shape index (κ1) is 27.0. The Morgan fingerprint density at radius 1 is 0.875 bits per heavy atom. The molecule has 0 spiro atoms. The van der Waals surface area contributed by atoms with Crippen molar-refractivity contribution in [2.24, 2.45) is 0 Å². The van der Waals surface area contributed by atoms with E-state index in [-0.39, 0.29) is 12.5 Å². The average molecular weight is 544 g/mol. The van der Waals surface area contributed by atoms with Gasteiger partial charge in [-0.2, -0.15) is 0 Å². The molecule has 10 heteroatoms. The number of hydrogen-bond donors (Lipinski definition) is 2. The van der Waals surface area contributed by atoms with Crippen LogP contribution in [0.15, 0.2) is 76.3 Å². The Morgan fingerprint density at radius 2 is 1.52 bits per heavy atom. The summed E-state index contributed by atoms with van der Waals surface area (Å²) in [5.41, 5.74) is 1.76. The van der Waals surface area contributed by atoms with Crippen molar-refractivity contribution in [3.05, 3.63) is 98.7 Å². The maximum atomic E-state index is 13.1. The average Bonchev–Trinajstić information content (AvgIpc) is 2.99. The zero-order valence-corrected chi connectivity index (χ0v) is 22.7. The fourth-order valence-electron chi connectivity index (χ4n) is 4.91. The van der Waals surface area contributed by atoms with Gasteiger partial charge in [-0.3, -0.25) is 19.1 Å². The van der Waals surface area contributed by atoms with Crippen molar-refractivity contribution >= 4 is 22.5 Å². The van der Waals surface area contributed by atoms with E-state index in [0.29, 0.717) is 28.8 Å². The number of amides is 1. The third-order valence-electron chi connectivity index (χ3n) is 7.27. The fraction of sp³-hybridized carbons (Fsp3) is 0.300. The lowest BCUT2D eigenvalue weighted by molar-refractivity contribution is 0.0948. The van der Waals surface area contributed by atoms with Crippen LogP contribution in [0.3, 0.4) is 0 Å². The van der Waals surface area contributed by atoms with Gasteiger partial charge in [-0.1, -0.05) is 12.1 Å². The summed E-state index contributed by atoms with van der Waals surface area (Å²) in [5.74, 6) is 1.29. The molecule has 40 heavy (non-hydrogen) atoms. The number of hydrogen-bond acceptors (Lipinski definition) is 7. The third-order valence-corrected chi connectivity index (χ3v) is 7.27. The maximum absolute atomic E-state index is 13.1. The molecule has 1 aliphatic heterocycles. The first-order chi connectivity index (χ1) is 19.4. The number of carbonyl (C=O) groups excluding carboxylic acids is 1. The first-order valence-corrected chi connectivity index (χ1v) is 13.2. The lowest BCUT2D eigenvalue weighted by atomic mass is 10.1. The van der Waals surface area contributed by atoms with E-state index in [0.717, 1.165) is 48.6 Å². The largest absolute Gasteiger partial charge is 0.497 e. The highest BCUT2D eigenvalue weighted by atomic mass is 16.5. The molecule has 2 heterocycles. The number of aromatic nitrogens is 2. The van der Waals surface area contributed by atoms with Crippen LogP contribution in [0.1, 0.15) is 15.9 Å². The summed E-state index contributed by atoms with van der Waals surface area (Å²) in [6.45, 7) is 5.00. The molecular weight excluding hydrogens is 510 g/mol. The van der Waals surface area contributed by atoms with Crippen molar-refractivity contribution in [3.63, 3.8) is 0 Å². The third kappa shape index (κ3) is 6.02. The second-order valence-corrected chi connectivity index (χ2v) is 9.71. The molecule has 10 nitrogen and oxygen atoms in total. The van der Waals surface area contributed by atoms with Gasteiger partial charge in [-0.25, -0.2) is 4.79 Å². The molecule has 208 valence electrons. The van der Waals surface area contributed by atoms with Gasteiger partial charge in [0.1, 0.15) is 11.5 Å². The number of carbonyl (C=O) groups is 1. The van der Waals surface area contributed by atoms with Gasteiger partial charge >= 0.3 is 5.69 Å². The zero-order chi connectivity index (χ0) is 28.1. The van der Waals surface area contributed by atoms with E-state index in [4.69, 9.17) is 9.47 Å². The van der Waals surface area contributed by atoms with Gasteiger partial charge in [-0.15, -0.1) is 0 Å². The van der Waals surface area contributed by atoms with E-state index < -0.39 is 11.2 Å². The molecule has 1 amide bonds. The van der Waals surface area contributed by atoms with Crippen molar-refractivity contribution in [3.8, 4) is 11.5 Å². The lowest BCUT2D eigenvalue weighted by Crippen LogP contribution is -2.48. The number of fused-ring (bicyclic) bond motifs is 1. The number of piperazine rings is 1. The summed E-state index contributed by atoms with van der Waals surface area (Å²) < 4.78 is 11.5. The number of anilines is 1. The van der Waals surface area contributed by atoms with Crippen LogP contribution in [0.2, 0.25) is 0 Å². The fourth-order valence-corrected chi connectivity index (χ4v) is 4.91. The number of aromatic amines is 1. The minimum Gasteiger partial charge on any atom is -0.497 e. The molecule has 0 saturated carbocycles. The zero-order valence-electron chi connectivity index (χ0n) is 22.7. The van der Waals surface area contributed by atoms with E-state index in [1.807, 2.05) is 24.3 Å². The Labute approximate surface area is 231 Å². The summed E-state index contributed by atoms with van der Waals surface area (Å²) in [5, 5.41) is 3.30. The summed E-state index contributed by atoms with van der Waals surface area (Å²) >= 11 is 0. The Bertz CT molecular complexity index is 1590. The summed E-state index contributed by atoms with van der Waals surface area (Å²) in [6, 6.07) is 20.0. The highest BCUT2D eigenvalue weighted by molar-refractivity contribution is 5.97. The monoisotopic (exact) mass is 543 g/mol. The number of rotatable bonds is 9. The summed E-state index contributed by atoms with van der Waals surface area (Å²) in [6.07, 6.45) is 0. The van der Waals surface area contributed by atoms with Crippen LogP contribution in [0, 0.1) is 0 Å². The van der Waals surface area contributed by atoms with Gasteiger partial charge in [0.05, 0.1) is 31.7 Å². The second kappa shape index (κ2) is 12.1. The van der Waals surface area contributed by atoms with Crippen LogP contribution in [0.4, 0.5) is 5.69 Å². The van der Waals surface area contributed by atoms with Crippen LogP contribution >= 0.6 is 0 Å². The van der Waals surface area contributed by atoms with E-state index in [1.165, 1.54) is 5.69 Å². The number of nitrogens with zero attached hydrogens (tertiary/aromatic N) is 3. The number of benzene rings is 3. The van der Waals surface area contributed by atoms with Crippen LogP contribution in [-0.4, -0.2) is 73.8 Å². The molecular formula is C30H33N5O5. The van der Waals surface area contributed by atoms with Crippen LogP contribution in [0.5, 0.6) is 11.5 Å². The molecule has 1 aliphatic rings. The molecule has 1 saturated heterocycles. The summed E-state index contributed by atoms with van der Waals surface area (Å²) in [4.78, 5) is 46.0. The van der Waals surface area contributed by atoms with Gasteiger partial charge in [0.2, 0.25) is 0 Å². The Kier molecular flexibility index (Phi) is 8.16. The van der Waals surface area contributed by atoms with E-state index >= 15 is 0 Å².